The molecule has 8 nitrogen and oxygen atoms in total. The Bertz CT molecular complexity index is 1450. The number of hydrogen-bond donors (Lipinski definition) is 0. The molecule has 1 aliphatic rings. The Hall–Kier alpha value is -2.99. The van der Waals surface area contributed by atoms with Crippen LogP contribution in [0.1, 0.15) is 0 Å². The first-order chi connectivity index (χ1) is 17.1. The molecule has 1 fully saturated rings. The average molecular weight is 552 g/mol. The molecule has 1 amide bonds. The molecule has 0 aliphatic carbocycles. The summed E-state index contributed by atoms with van der Waals surface area (Å²) in [4.78, 5) is 14.7. The molecule has 36 heavy (non-hydrogen) atoms. The van der Waals surface area contributed by atoms with Crippen molar-refractivity contribution in [2.45, 2.75) is 9.79 Å². The van der Waals surface area contributed by atoms with E-state index in [1.807, 2.05) is 0 Å². The van der Waals surface area contributed by atoms with Crippen molar-refractivity contribution in [2.75, 3.05) is 37.0 Å². The van der Waals surface area contributed by atoms with E-state index in [0.29, 0.717) is 0 Å². The van der Waals surface area contributed by atoms with Gasteiger partial charge < -0.3 is 4.90 Å². The van der Waals surface area contributed by atoms with Gasteiger partial charge in [0.05, 0.1) is 20.5 Å². The molecule has 12 heteroatoms. The van der Waals surface area contributed by atoms with Crippen LogP contribution < -0.4 is 4.31 Å². The molecule has 0 spiro atoms. The van der Waals surface area contributed by atoms with Crippen LogP contribution in [0, 0.1) is 5.82 Å². The number of benzene rings is 3. The highest BCUT2D eigenvalue weighted by molar-refractivity contribution is 7.92. The summed E-state index contributed by atoms with van der Waals surface area (Å²) in [5.41, 5.74) is 0.0314. The topological polar surface area (TPSA) is 95.1 Å². The summed E-state index contributed by atoms with van der Waals surface area (Å²) < 4.78 is 68.5. The van der Waals surface area contributed by atoms with Gasteiger partial charge in [0.2, 0.25) is 15.9 Å². The van der Waals surface area contributed by atoms with E-state index in [1.54, 1.807) is 36.4 Å². The van der Waals surface area contributed by atoms with Gasteiger partial charge in [0.15, 0.2) is 0 Å². The second kappa shape index (κ2) is 10.6. The normalized spacial score (nSPS) is 15.0. The van der Waals surface area contributed by atoms with Crippen LogP contribution in [-0.4, -0.2) is 64.7 Å². The number of rotatable bonds is 7. The van der Waals surface area contributed by atoms with Gasteiger partial charge in [-0.05, 0) is 42.5 Å². The zero-order chi connectivity index (χ0) is 25.9. The van der Waals surface area contributed by atoms with E-state index in [4.69, 9.17) is 11.6 Å². The molecule has 0 unspecified atom stereocenters. The lowest BCUT2D eigenvalue weighted by molar-refractivity contribution is -0.130. The molecule has 4 rings (SSSR count). The van der Waals surface area contributed by atoms with Crippen LogP contribution in [0.25, 0.3) is 0 Å². The van der Waals surface area contributed by atoms with Gasteiger partial charge in [-0.2, -0.15) is 4.31 Å². The number of piperazine rings is 1. The summed E-state index contributed by atoms with van der Waals surface area (Å²) >= 11 is 5.89. The number of hydrogen-bond acceptors (Lipinski definition) is 5. The third-order valence-corrected chi connectivity index (χ3v) is 9.76. The van der Waals surface area contributed by atoms with E-state index in [1.165, 1.54) is 39.5 Å². The number of amides is 1. The average Bonchev–Trinajstić information content (AvgIpc) is 2.90. The minimum atomic E-state index is -4.19. The summed E-state index contributed by atoms with van der Waals surface area (Å²) in [6.07, 6.45) is 0. The zero-order valence-corrected chi connectivity index (χ0v) is 21.4. The SMILES string of the molecule is O=C(CN(c1ccc(F)c(Cl)c1)S(=O)(=O)c1ccccc1)N1CCN(S(=O)(=O)c2ccccc2)CC1. The molecule has 3 aromatic carbocycles. The van der Waals surface area contributed by atoms with Crippen LogP contribution in [0.3, 0.4) is 0 Å². The molecule has 0 bridgehead atoms. The Kier molecular flexibility index (Phi) is 7.65. The maximum absolute atomic E-state index is 13.8. The van der Waals surface area contributed by atoms with Crippen molar-refractivity contribution in [1.29, 1.82) is 0 Å². The van der Waals surface area contributed by atoms with Crippen LogP contribution >= 0.6 is 11.6 Å². The molecular formula is C24H23ClFN3O5S2. The van der Waals surface area contributed by atoms with Gasteiger partial charge in [0, 0.05) is 26.2 Å². The Labute approximate surface area is 214 Å². The second-order valence-corrected chi connectivity index (χ2v) is 12.2. The van der Waals surface area contributed by atoms with Gasteiger partial charge >= 0.3 is 0 Å². The number of sulfonamides is 2. The van der Waals surface area contributed by atoms with E-state index in [2.05, 4.69) is 0 Å². The fourth-order valence-electron chi connectivity index (χ4n) is 3.82. The fraction of sp³-hybridized carbons (Fsp3) is 0.208. The quantitative estimate of drug-likeness (QED) is 0.449. The Balaban J connectivity index is 1.54. The molecular weight excluding hydrogens is 529 g/mol. The van der Waals surface area contributed by atoms with Crippen molar-refractivity contribution in [1.82, 2.24) is 9.21 Å². The van der Waals surface area contributed by atoms with Crippen molar-refractivity contribution in [3.8, 4) is 0 Å². The summed E-state index contributed by atoms with van der Waals surface area (Å²) in [6.45, 7) is -0.249. The van der Waals surface area contributed by atoms with Crippen LogP contribution in [0.4, 0.5) is 10.1 Å². The first kappa shape index (κ1) is 26.1. The molecule has 1 aliphatic heterocycles. The van der Waals surface area contributed by atoms with Crippen molar-refractivity contribution in [3.63, 3.8) is 0 Å². The van der Waals surface area contributed by atoms with E-state index >= 15 is 0 Å². The fourth-order valence-corrected chi connectivity index (χ4v) is 6.86. The minimum Gasteiger partial charge on any atom is -0.338 e. The van der Waals surface area contributed by atoms with Crippen LogP contribution in [0.15, 0.2) is 88.7 Å². The summed E-state index contributed by atoms with van der Waals surface area (Å²) in [7, 11) is -7.90. The molecule has 0 radical (unpaired) electrons. The van der Waals surface area contributed by atoms with Gasteiger partial charge in [0.25, 0.3) is 10.0 Å². The highest BCUT2D eigenvalue weighted by atomic mass is 35.5. The highest BCUT2D eigenvalue weighted by Crippen LogP contribution is 2.28. The lowest BCUT2D eigenvalue weighted by atomic mass is 10.3. The first-order valence-electron chi connectivity index (χ1n) is 11.0. The standard InChI is InChI=1S/C24H23ClFN3O5S2/c25-22-17-19(11-12-23(22)26)29(36(33,34)21-9-5-2-6-10-21)18-24(30)27-13-15-28(16-14-27)35(31,32)20-7-3-1-4-8-20/h1-12,17H,13-16,18H2. The summed E-state index contributed by atoms with van der Waals surface area (Å²) in [5, 5.41) is -0.284. The van der Waals surface area contributed by atoms with Crippen LogP contribution in [-0.2, 0) is 24.8 Å². The van der Waals surface area contributed by atoms with Crippen LogP contribution in [0.5, 0.6) is 0 Å². The summed E-state index contributed by atoms with van der Waals surface area (Å²) in [6, 6.07) is 19.0. The van der Waals surface area contributed by atoms with Crippen LogP contribution in [0.2, 0.25) is 5.02 Å². The Morgan fingerprint density at radius 2 is 1.39 bits per heavy atom. The second-order valence-electron chi connectivity index (χ2n) is 8.02. The molecule has 0 aromatic heterocycles. The first-order valence-corrected chi connectivity index (χ1v) is 14.2. The van der Waals surface area contributed by atoms with Crippen molar-refractivity contribution >= 4 is 43.2 Å². The molecule has 0 N–H and O–H groups in total. The third-order valence-electron chi connectivity index (χ3n) is 5.77. The van der Waals surface area contributed by atoms with Gasteiger partial charge in [-0.15, -0.1) is 0 Å². The van der Waals surface area contributed by atoms with Gasteiger partial charge in [0.1, 0.15) is 12.4 Å². The molecule has 1 saturated heterocycles. The monoisotopic (exact) mass is 551 g/mol. The molecule has 190 valence electrons. The zero-order valence-electron chi connectivity index (χ0n) is 19.0. The van der Waals surface area contributed by atoms with Gasteiger partial charge in [-0.3, -0.25) is 9.10 Å². The lowest BCUT2D eigenvalue weighted by Crippen LogP contribution is -2.53. The van der Waals surface area contributed by atoms with Crippen molar-refractivity contribution in [2.24, 2.45) is 0 Å². The maximum Gasteiger partial charge on any atom is 0.264 e. The Morgan fingerprint density at radius 3 is 1.94 bits per heavy atom. The van der Waals surface area contributed by atoms with E-state index in [9.17, 15) is 26.0 Å². The molecule has 0 saturated carbocycles. The van der Waals surface area contributed by atoms with Crippen molar-refractivity contribution in [3.05, 3.63) is 89.7 Å². The number of nitrogens with zero attached hydrogens (tertiary/aromatic N) is 3. The number of carbonyl (C=O) groups is 1. The Morgan fingerprint density at radius 1 is 0.833 bits per heavy atom. The lowest BCUT2D eigenvalue weighted by Gasteiger charge is -2.35. The third kappa shape index (κ3) is 5.39. The van der Waals surface area contributed by atoms with Gasteiger partial charge in [-0.1, -0.05) is 48.0 Å². The minimum absolute atomic E-state index is 0.0314. The highest BCUT2D eigenvalue weighted by Gasteiger charge is 2.33. The van der Waals surface area contributed by atoms with E-state index in [0.717, 1.165) is 16.4 Å². The predicted octanol–water partition coefficient (Wildman–Crippen LogP) is 3.21. The number of carbonyl (C=O) groups excluding carboxylic acids is 1. The van der Waals surface area contributed by atoms with Crippen molar-refractivity contribution < 1.29 is 26.0 Å². The largest absolute Gasteiger partial charge is 0.338 e. The number of anilines is 1. The summed E-state index contributed by atoms with van der Waals surface area (Å²) in [5.74, 6) is -1.24. The van der Waals surface area contributed by atoms with E-state index in [-0.39, 0.29) is 46.7 Å². The van der Waals surface area contributed by atoms with Gasteiger partial charge in [-0.25, -0.2) is 21.2 Å². The molecule has 0 atom stereocenters. The number of halogens is 2. The smallest absolute Gasteiger partial charge is 0.264 e. The molecule has 1 heterocycles. The molecule has 3 aromatic rings. The van der Waals surface area contributed by atoms with E-state index < -0.39 is 38.3 Å². The predicted molar refractivity (Wildman–Crippen MR) is 134 cm³/mol. The maximum atomic E-state index is 13.8.